The molecule has 0 aliphatic rings. The number of anilines is 1. The average molecular weight is 612 g/mol. The van der Waals surface area contributed by atoms with Crippen molar-refractivity contribution < 1.29 is 23.9 Å². The van der Waals surface area contributed by atoms with Crippen molar-refractivity contribution in [3.63, 3.8) is 0 Å². The minimum absolute atomic E-state index is 0.247. The lowest BCUT2D eigenvalue weighted by Gasteiger charge is -2.11. The van der Waals surface area contributed by atoms with Gasteiger partial charge in [-0.05, 0) is 78.7 Å². The fourth-order valence-electron chi connectivity index (χ4n) is 3.63. The number of carbonyl (C=O) groups excluding carboxylic acids is 3. The minimum atomic E-state index is -0.520. The van der Waals surface area contributed by atoms with Gasteiger partial charge in [0.1, 0.15) is 0 Å². The van der Waals surface area contributed by atoms with Crippen molar-refractivity contribution in [2.24, 2.45) is 5.10 Å². The molecule has 4 aromatic carbocycles. The van der Waals surface area contributed by atoms with Gasteiger partial charge in [0.2, 0.25) is 5.91 Å². The maximum atomic E-state index is 12.8. The van der Waals surface area contributed by atoms with Crippen LogP contribution in [0, 0.1) is 0 Å². The first-order chi connectivity index (χ1) is 19.9. The number of esters is 1. The third kappa shape index (κ3) is 8.48. The van der Waals surface area contributed by atoms with E-state index in [2.05, 4.69) is 31.8 Å². The zero-order chi connectivity index (χ0) is 29.0. The first kappa shape index (κ1) is 29.0. The highest BCUT2D eigenvalue weighted by Gasteiger charge is 2.14. The lowest BCUT2D eigenvalue weighted by molar-refractivity contribution is -0.111. The van der Waals surface area contributed by atoms with E-state index < -0.39 is 11.9 Å². The molecular weight excluding hydrogens is 586 g/mol. The molecule has 2 amide bonds. The molecule has 0 aliphatic carbocycles. The van der Waals surface area contributed by atoms with Gasteiger partial charge >= 0.3 is 5.97 Å². The second kappa shape index (κ2) is 14.4. The van der Waals surface area contributed by atoms with Gasteiger partial charge in [-0.2, -0.15) is 5.10 Å². The summed E-state index contributed by atoms with van der Waals surface area (Å²) >= 11 is 3.34. The van der Waals surface area contributed by atoms with Crippen LogP contribution in [0.25, 0.3) is 6.08 Å². The van der Waals surface area contributed by atoms with E-state index in [1.807, 2.05) is 37.3 Å². The van der Waals surface area contributed by atoms with E-state index >= 15 is 0 Å². The van der Waals surface area contributed by atoms with Gasteiger partial charge in [0.05, 0.1) is 29.6 Å². The third-order valence-corrected chi connectivity index (χ3v) is 6.11. The Labute approximate surface area is 245 Å². The lowest BCUT2D eigenvalue weighted by Crippen LogP contribution is -2.20. The molecule has 0 bridgehead atoms. The van der Waals surface area contributed by atoms with E-state index in [1.165, 1.54) is 12.3 Å². The number of hydrazone groups is 1. The highest BCUT2D eigenvalue weighted by molar-refractivity contribution is 9.10. The molecule has 206 valence electrons. The second-order valence-corrected chi connectivity index (χ2v) is 9.43. The van der Waals surface area contributed by atoms with Crippen LogP contribution in [0.1, 0.15) is 38.8 Å². The molecule has 9 heteroatoms. The summed E-state index contributed by atoms with van der Waals surface area (Å²) in [4.78, 5) is 37.8. The Kier molecular flexibility index (Phi) is 10.2. The quantitative estimate of drug-likeness (QED) is 0.0701. The summed E-state index contributed by atoms with van der Waals surface area (Å²) in [5, 5.41) is 6.77. The molecule has 0 spiro atoms. The van der Waals surface area contributed by atoms with Crippen LogP contribution in [-0.2, 0) is 4.79 Å². The van der Waals surface area contributed by atoms with Crippen LogP contribution in [0.15, 0.2) is 113 Å². The molecule has 41 heavy (non-hydrogen) atoms. The Morgan fingerprint density at radius 3 is 2.34 bits per heavy atom. The molecule has 2 N–H and O–H groups in total. The Hall–Kier alpha value is -5.02. The maximum absolute atomic E-state index is 12.8. The number of nitrogens with one attached hydrogen (secondary N) is 2. The maximum Gasteiger partial charge on any atom is 0.343 e. The molecule has 0 aliphatic heterocycles. The van der Waals surface area contributed by atoms with Gasteiger partial charge in [-0.3, -0.25) is 9.59 Å². The SMILES string of the molecule is CCOc1cc(/C=N\NC(=O)c2ccccc2NC(=O)/C=C/c2ccccc2)ccc1OC(=O)c1ccc(Br)cc1. The van der Waals surface area contributed by atoms with E-state index in [9.17, 15) is 14.4 Å². The van der Waals surface area contributed by atoms with Crippen LogP contribution >= 0.6 is 15.9 Å². The summed E-state index contributed by atoms with van der Waals surface area (Å²) in [7, 11) is 0. The number of ether oxygens (including phenoxy) is 2. The van der Waals surface area contributed by atoms with E-state index in [4.69, 9.17) is 9.47 Å². The van der Waals surface area contributed by atoms with Gasteiger partial charge < -0.3 is 14.8 Å². The Morgan fingerprint density at radius 1 is 0.854 bits per heavy atom. The monoisotopic (exact) mass is 611 g/mol. The topological polar surface area (TPSA) is 106 Å². The summed E-state index contributed by atoms with van der Waals surface area (Å²) in [6.45, 7) is 2.16. The zero-order valence-corrected chi connectivity index (χ0v) is 23.6. The number of halogens is 1. The summed E-state index contributed by atoms with van der Waals surface area (Å²) < 4.78 is 12.0. The molecule has 0 aromatic heterocycles. The van der Waals surface area contributed by atoms with Crippen molar-refractivity contribution in [3.05, 3.63) is 130 Å². The average Bonchev–Trinajstić information content (AvgIpc) is 2.98. The number of benzene rings is 4. The first-order valence-electron chi connectivity index (χ1n) is 12.6. The number of rotatable bonds is 10. The zero-order valence-electron chi connectivity index (χ0n) is 22.0. The summed E-state index contributed by atoms with van der Waals surface area (Å²) in [6.07, 6.45) is 4.52. The predicted octanol–water partition coefficient (Wildman–Crippen LogP) is 6.48. The van der Waals surface area contributed by atoms with Crippen LogP contribution in [0.2, 0.25) is 0 Å². The molecular formula is C32H26BrN3O5. The Bertz CT molecular complexity index is 1580. The van der Waals surface area contributed by atoms with E-state index in [0.717, 1.165) is 10.0 Å². The summed E-state index contributed by atoms with van der Waals surface area (Å²) in [6, 6.07) is 27.8. The van der Waals surface area contributed by atoms with Crippen LogP contribution in [0.5, 0.6) is 11.5 Å². The van der Waals surface area contributed by atoms with Crippen molar-refractivity contribution >= 4 is 51.7 Å². The molecule has 4 rings (SSSR count). The molecule has 0 heterocycles. The van der Waals surface area contributed by atoms with Crippen LogP contribution in [0.3, 0.4) is 0 Å². The molecule has 0 atom stereocenters. The fourth-order valence-corrected chi connectivity index (χ4v) is 3.89. The van der Waals surface area contributed by atoms with Crippen molar-refractivity contribution in [2.75, 3.05) is 11.9 Å². The van der Waals surface area contributed by atoms with Crippen molar-refractivity contribution in [1.29, 1.82) is 0 Å². The smallest absolute Gasteiger partial charge is 0.343 e. The van der Waals surface area contributed by atoms with Gasteiger partial charge in [0.25, 0.3) is 5.91 Å². The van der Waals surface area contributed by atoms with Gasteiger partial charge in [-0.25, -0.2) is 10.2 Å². The van der Waals surface area contributed by atoms with Gasteiger partial charge in [0, 0.05) is 10.5 Å². The number of amides is 2. The van der Waals surface area contributed by atoms with Crippen molar-refractivity contribution in [3.8, 4) is 11.5 Å². The molecule has 0 saturated heterocycles. The Balaban J connectivity index is 1.40. The van der Waals surface area contributed by atoms with E-state index in [-0.39, 0.29) is 17.2 Å². The largest absolute Gasteiger partial charge is 0.490 e. The third-order valence-electron chi connectivity index (χ3n) is 5.59. The van der Waals surface area contributed by atoms with Crippen molar-refractivity contribution in [1.82, 2.24) is 5.43 Å². The minimum Gasteiger partial charge on any atom is -0.490 e. The van der Waals surface area contributed by atoms with E-state index in [1.54, 1.807) is 72.8 Å². The number of hydrogen-bond donors (Lipinski definition) is 2. The molecule has 8 nitrogen and oxygen atoms in total. The first-order valence-corrected chi connectivity index (χ1v) is 13.4. The van der Waals surface area contributed by atoms with Crippen molar-refractivity contribution in [2.45, 2.75) is 6.92 Å². The summed E-state index contributed by atoms with van der Waals surface area (Å²) in [5.74, 6) is -0.790. The van der Waals surface area contributed by atoms with E-state index in [0.29, 0.717) is 29.2 Å². The molecule has 0 saturated carbocycles. The second-order valence-electron chi connectivity index (χ2n) is 8.51. The molecule has 0 unspecified atom stereocenters. The lowest BCUT2D eigenvalue weighted by atomic mass is 10.1. The van der Waals surface area contributed by atoms with Crippen LogP contribution < -0.4 is 20.2 Å². The predicted molar refractivity (Wildman–Crippen MR) is 162 cm³/mol. The number of nitrogens with zero attached hydrogens (tertiary/aromatic N) is 1. The van der Waals surface area contributed by atoms with Crippen LogP contribution in [0.4, 0.5) is 5.69 Å². The van der Waals surface area contributed by atoms with Gasteiger partial charge in [0.15, 0.2) is 11.5 Å². The molecule has 0 radical (unpaired) electrons. The molecule has 0 fully saturated rings. The number of para-hydroxylation sites is 1. The normalized spacial score (nSPS) is 10.9. The molecule has 4 aromatic rings. The number of hydrogen-bond acceptors (Lipinski definition) is 6. The Morgan fingerprint density at radius 2 is 1.59 bits per heavy atom. The van der Waals surface area contributed by atoms with Gasteiger partial charge in [-0.15, -0.1) is 0 Å². The fraction of sp³-hybridized carbons (Fsp3) is 0.0625. The van der Waals surface area contributed by atoms with Crippen LogP contribution in [-0.4, -0.2) is 30.6 Å². The standard InChI is InChI=1S/C32H26BrN3O5/c1-2-40-29-20-23(12-18-28(29)41-32(39)24-14-16-25(33)17-15-24)21-34-36-31(38)26-10-6-7-11-27(26)35-30(37)19-13-22-8-4-3-5-9-22/h3-21H,2H2,1H3,(H,35,37)(H,36,38)/b19-13+,34-21-. The number of carbonyl (C=O) groups is 3. The van der Waals surface area contributed by atoms with Gasteiger partial charge in [-0.1, -0.05) is 58.4 Å². The summed E-state index contributed by atoms with van der Waals surface area (Å²) in [5.41, 5.74) is 4.95. The highest BCUT2D eigenvalue weighted by Crippen LogP contribution is 2.29. The highest BCUT2D eigenvalue weighted by atomic mass is 79.9.